The fourth-order valence-corrected chi connectivity index (χ4v) is 6.40. The van der Waals surface area contributed by atoms with E-state index < -0.39 is 28.5 Å². The molecule has 10 heteroatoms. The molecule has 2 amide bonds. The number of carbonyl (C=O) groups excluding carboxylic acids is 2. The van der Waals surface area contributed by atoms with Crippen LogP contribution in [-0.2, 0) is 32.6 Å². The Bertz CT molecular complexity index is 1650. The number of hydrogen-bond donors (Lipinski definition) is 1. The minimum absolute atomic E-state index is 0.0174. The Hall–Kier alpha value is -3.85. The molecule has 0 radical (unpaired) electrons. The normalized spacial score (nSPS) is 11.9. The Labute approximate surface area is 263 Å². The van der Waals surface area contributed by atoms with Gasteiger partial charge in [-0.1, -0.05) is 83.4 Å². The van der Waals surface area contributed by atoms with Crippen molar-refractivity contribution in [1.29, 1.82) is 0 Å². The first kappa shape index (κ1) is 32.1. The van der Waals surface area contributed by atoms with Gasteiger partial charge in [0.1, 0.15) is 12.6 Å². The van der Waals surface area contributed by atoms with Crippen LogP contribution in [0.25, 0.3) is 0 Å². The Morgan fingerprint density at radius 2 is 1.47 bits per heavy atom. The van der Waals surface area contributed by atoms with Gasteiger partial charge < -0.3 is 10.2 Å². The Kier molecular flexibility index (Phi) is 10.9. The summed E-state index contributed by atoms with van der Waals surface area (Å²) in [4.78, 5) is 29.3. The van der Waals surface area contributed by atoms with Crippen LogP contribution in [0.5, 0.6) is 0 Å². The van der Waals surface area contributed by atoms with Gasteiger partial charge in [-0.05, 0) is 73.5 Å². The lowest BCUT2D eigenvalue weighted by Crippen LogP contribution is -2.53. The summed E-state index contributed by atoms with van der Waals surface area (Å²) < 4.78 is 29.1. The zero-order valence-electron chi connectivity index (χ0n) is 23.9. The lowest BCUT2D eigenvalue weighted by atomic mass is 10.0. The number of nitrogens with one attached hydrogen (secondary N) is 1. The summed E-state index contributed by atoms with van der Waals surface area (Å²) in [6.07, 6.45) is 0.230. The zero-order valence-corrected chi connectivity index (χ0v) is 26.2. The molecule has 4 aromatic rings. The first-order chi connectivity index (χ1) is 20.6. The second-order valence-electron chi connectivity index (χ2n) is 10.1. The summed E-state index contributed by atoms with van der Waals surface area (Å²) >= 11 is 12.3. The molecule has 43 heavy (non-hydrogen) atoms. The fraction of sp³-hybridized carbons (Fsp3) is 0.212. The Morgan fingerprint density at radius 1 is 0.814 bits per heavy atom. The van der Waals surface area contributed by atoms with Gasteiger partial charge in [0.15, 0.2) is 0 Å². The molecule has 0 spiro atoms. The molecule has 0 aliphatic rings. The largest absolute Gasteiger partial charge is 0.355 e. The Morgan fingerprint density at radius 3 is 2.09 bits per heavy atom. The maximum absolute atomic E-state index is 14.3. The number of halogens is 2. The number of amides is 2. The van der Waals surface area contributed by atoms with Crippen LogP contribution in [-0.4, -0.2) is 44.3 Å². The average Bonchev–Trinajstić information content (AvgIpc) is 2.99. The highest BCUT2D eigenvalue weighted by molar-refractivity contribution is 7.92. The van der Waals surface area contributed by atoms with Crippen molar-refractivity contribution in [3.63, 3.8) is 0 Å². The van der Waals surface area contributed by atoms with Crippen molar-refractivity contribution in [2.75, 3.05) is 17.4 Å². The van der Waals surface area contributed by atoms with Gasteiger partial charge >= 0.3 is 0 Å². The van der Waals surface area contributed by atoms with Gasteiger partial charge in [0.05, 0.1) is 10.6 Å². The highest BCUT2D eigenvalue weighted by atomic mass is 35.5. The van der Waals surface area contributed by atoms with Gasteiger partial charge in [0.25, 0.3) is 10.0 Å². The van der Waals surface area contributed by atoms with Crippen LogP contribution in [0.15, 0.2) is 108 Å². The monoisotopic (exact) mass is 637 g/mol. The predicted octanol–water partition coefficient (Wildman–Crippen LogP) is 6.27. The molecule has 0 saturated heterocycles. The van der Waals surface area contributed by atoms with Crippen molar-refractivity contribution in [2.24, 2.45) is 0 Å². The predicted molar refractivity (Wildman–Crippen MR) is 172 cm³/mol. The van der Waals surface area contributed by atoms with Crippen molar-refractivity contribution in [1.82, 2.24) is 10.2 Å². The van der Waals surface area contributed by atoms with Crippen molar-refractivity contribution in [2.45, 2.75) is 37.8 Å². The second kappa shape index (κ2) is 14.6. The standard InChI is InChI=1S/C33H33Cl2N3O4S/c1-3-36-33(40)31(21-25-8-5-4-6-9-25)37(22-26-10-7-11-28(35)20-26)32(39)23-38(29-16-12-24(2)13-17-29)43(41,42)30-18-14-27(34)15-19-30/h4-20,31H,3,21-23H2,1-2H3,(H,36,40)/t31-/m0/s1. The lowest BCUT2D eigenvalue weighted by Gasteiger charge is -2.34. The van der Waals surface area contributed by atoms with Crippen LogP contribution in [0.1, 0.15) is 23.6 Å². The molecule has 224 valence electrons. The third-order valence-corrected chi connectivity index (χ3v) is 9.14. The third kappa shape index (κ3) is 8.38. The number of hydrogen-bond acceptors (Lipinski definition) is 4. The molecule has 4 aromatic carbocycles. The number of aryl methyl sites for hydroxylation is 1. The molecule has 0 saturated carbocycles. The number of sulfonamides is 1. The molecule has 0 aromatic heterocycles. The average molecular weight is 639 g/mol. The van der Waals surface area contributed by atoms with E-state index in [1.165, 1.54) is 29.2 Å². The molecule has 0 unspecified atom stereocenters. The van der Waals surface area contributed by atoms with Gasteiger partial charge in [0, 0.05) is 29.6 Å². The highest BCUT2D eigenvalue weighted by Crippen LogP contribution is 2.26. The van der Waals surface area contributed by atoms with Crippen molar-refractivity contribution < 1.29 is 18.0 Å². The first-order valence-corrected chi connectivity index (χ1v) is 16.0. The van der Waals surface area contributed by atoms with Crippen molar-refractivity contribution in [3.05, 3.63) is 130 Å². The molecule has 1 N–H and O–H groups in total. The fourth-order valence-electron chi connectivity index (χ4n) is 4.65. The van der Waals surface area contributed by atoms with Crippen molar-refractivity contribution in [3.8, 4) is 0 Å². The van der Waals surface area contributed by atoms with E-state index in [-0.39, 0.29) is 23.8 Å². The minimum atomic E-state index is -4.20. The maximum Gasteiger partial charge on any atom is 0.264 e. The molecule has 0 heterocycles. The summed E-state index contributed by atoms with van der Waals surface area (Å²) in [6.45, 7) is 3.55. The topological polar surface area (TPSA) is 86.8 Å². The van der Waals surface area contributed by atoms with E-state index in [2.05, 4.69) is 5.32 Å². The van der Waals surface area contributed by atoms with Crippen LogP contribution >= 0.6 is 23.2 Å². The number of likely N-dealkylation sites (N-methyl/N-ethyl adjacent to an activating group) is 1. The summed E-state index contributed by atoms with van der Waals surface area (Å²) in [5.41, 5.74) is 2.80. The van der Waals surface area contributed by atoms with Crippen LogP contribution < -0.4 is 9.62 Å². The lowest BCUT2D eigenvalue weighted by molar-refractivity contribution is -0.140. The van der Waals surface area contributed by atoms with E-state index in [1.807, 2.05) is 43.3 Å². The number of carbonyl (C=O) groups is 2. The molecular weight excluding hydrogens is 605 g/mol. The SMILES string of the molecule is CCNC(=O)[C@H](Cc1ccccc1)N(Cc1cccc(Cl)c1)C(=O)CN(c1ccc(C)cc1)S(=O)(=O)c1ccc(Cl)cc1. The van der Waals surface area contributed by atoms with E-state index in [1.54, 1.807) is 49.4 Å². The molecule has 0 aliphatic carbocycles. The Balaban J connectivity index is 1.79. The maximum atomic E-state index is 14.3. The third-order valence-electron chi connectivity index (χ3n) is 6.87. The number of benzene rings is 4. The first-order valence-electron chi connectivity index (χ1n) is 13.8. The smallest absolute Gasteiger partial charge is 0.264 e. The molecule has 1 atom stereocenters. The number of anilines is 1. The van der Waals surface area contributed by atoms with Crippen LogP contribution in [0.3, 0.4) is 0 Å². The van der Waals surface area contributed by atoms with Gasteiger partial charge in [-0.2, -0.15) is 0 Å². The molecule has 0 bridgehead atoms. The molecule has 0 fully saturated rings. The van der Waals surface area contributed by atoms with Gasteiger partial charge in [-0.25, -0.2) is 8.42 Å². The molecular formula is C33H33Cl2N3O4S. The van der Waals surface area contributed by atoms with E-state index in [4.69, 9.17) is 23.2 Å². The highest BCUT2D eigenvalue weighted by Gasteiger charge is 2.34. The van der Waals surface area contributed by atoms with Crippen LogP contribution in [0.4, 0.5) is 5.69 Å². The van der Waals surface area contributed by atoms with Gasteiger partial charge in [-0.3, -0.25) is 13.9 Å². The van der Waals surface area contributed by atoms with E-state index >= 15 is 0 Å². The quantitative estimate of drug-likeness (QED) is 0.198. The summed E-state index contributed by atoms with van der Waals surface area (Å²) in [5, 5.41) is 3.71. The van der Waals surface area contributed by atoms with E-state index in [0.29, 0.717) is 27.8 Å². The summed E-state index contributed by atoms with van der Waals surface area (Å²) in [6, 6.07) is 28.1. The van der Waals surface area contributed by atoms with Gasteiger partial charge in [-0.15, -0.1) is 0 Å². The molecule has 4 rings (SSSR count). The van der Waals surface area contributed by atoms with Gasteiger partial charge in [0.2, 0.25) is 11.8 Å². The minimum Gasteiger partial charge on any atom is -0.355 e. The molecule has 0 aliphatic heterocycles. The number of nitrogens with zero attached hydrogens (tertiary/aromatic N) is 2. The van der Waals surface area contributed by atoms with Crippen molar-refractivity contribution >= 4 is 50.7 Å². The summed E-state index contributed by atoms with van der Waals surface area (Å²) in [5.74, 6) is -0.894. The summed E-state index contributed by atoms with van der Waals surface area (Å²) in [7, 11) is -4.20. The van der Waals surface area contributed by atoms with E-state index in [9.17, 15) is 18.0 Å². The zero-order chi connectivity index (χ0) is 31.0. The second-order valence-corrected chi connectivity index (χ2v) is 12.8. The number of rotatable bonds is 12. The van der Waals surface area contributed by atoms with Crippen LogP contribution in [0, 0.1) is 6.92 Å². The van der Waals surface area contributed by atoms with E-state index in [0.717, 1.165) is 15.4 Å². The van der Waals surface area contributed by atoms with Crippen LogP contribution in [0.2, 0.25) is 10.0 Å². The molecule has 7 nitrogen and oxygen atoms in total.